The monoisotopic (exact) mass is 340 g/mol. The molecule has 3 aromatic rings. The Bertz CT molecular complexity index is 934. The first-order chi connectivity index (χ1) is 12.3. The molecule has 6 nitrogen and oxygen atoms in total. The van der Waals surface area contributed by atoms with Crippen molar-refractivity contribution in [3.8, 4) is 22.8 Å². The van der Waals surface area contributed by atoms with Crippen molar-refractivity contribution in [2.45, 2.75) is 19.0 Å². The quantitative estimate of drug-likeness (QED) is 0.718. The number of hydrogen-bond acceptors (Lipinski definition) is 5. The van der Waals surface area contributed by atoms with Crippen molar-refractivity contribution in [1.82, 2.24) is 14.4 Å². The molecule has 2 aromatic heterocycles. The van der Waals surface area contributed by atoms with Gasteiger partial charge in [0.1, 0.15) is 12.0 Å². The fourth-order valence-corrected chi connectivity index (χ4v) is 3.31. The molecule has 0 bridgehead atoms. The van der Waals surface area contributed by atoms with Gasteiger partial charge in [0.25, 0.3) is 0 Å². The van der Waals surface area contributed by atoms with Crippen LogP contribution in [0.1, 0.15) is 12.8 Å². The van der Waals surface area contributed by atoms with Gasteiger partial charge in [-0.2, -0.15) is 4.98 Å². The van der Waals surface area contributed by atoms with Gasteiger partial charge in [-0.15, -0.1) is 0 Å². The van der Waals surface area contributed by atoms with Crippen LogP contribution in [-0.4, -0.2) is 40.4 Å². The Morgan fingerprint density at radius 2 is 1.88 bits per heavy atom. The maximum Gasteiger partial charge on any atom is 0.236 e. The third kappa shape index (κ3) is 2.56. The highest BCUT2D eigenvalue weighted by atomic mass is 19.1. The van der Waals surface area contributed by atoms with Crippen molar-refractivity contribution in [3.63, 3.8) is 0 Å². The van der Waals surface area contributed by atoms with E-state index >= 15 is 0 Å². The maximum absolute atomic E-state index is 13.3. The summed E-state index contributed by atoms with van der Waals surface area (Å²) in [6.07, 6.45) is 4.32. The van der Waals surface area contributed by atoms with Gasteiger partial charge in [-0.25, -0.2) is 9.37 Å². The average Bonchev–Trinajstić information content (AvgIpc) is 3.27. The lowest BCUT2D eigenvalue weighted by Crippen LogP contribution is -2.34. The number of halogens is 1. The maximum atomic E-state index is 13.3. The van der Waals surface area contributed by atoms with Gasteiger partial charge < -0.3 is 14.4 Å². The Hall–Kier alpha value is -2.83. The first kappa shape index (κ1) is 14.5. The molecule has 2 aliphatic heterocycles. The molecule has 5 rings (SSSR count). The van der Waals surface area contributed by atoms with Crippen molar-refractivity contribution in [3.05, 3.63) is 36.7 Å². The van der Waals surface area contributed by atoms with E-state index in [1.54, 1.807) is 0 Å². The van der Waals surface area contributed by atoms with Crippen molar-refractivity contribution in [2.75, 3.05) is 24.8 Å². The van der Waals surface area contributed by atoms with Crippen LogP contribution in [0.4, 0.5) is 10.2 Å². The minimum atomic E-state index is -0.691. The molecule has 4 heterocycles. The Morgan fingerprint density at radius 1 is 1.04 bits per heavy atom. The summed E-state index contributed by atoms with van der Waals surface area (Å²) in [5, 5.41) is 0. The van der Waals surface area contributed by atoms with Gasteiger partial charge in [-0.1, -0.05) is 0 Å². The Balaban J connectivity index is 1.47. The van der Waals surface area contributed by atoms with Crippen LogP contribution in [0, 0.1) is 0 Å². The highest BCUT2D eigenvalue weighted by molar-refractivity contribution is 5.66. The van der Waals surface area contributed by atoms with Crippen molar-refractivity contribution < 1.29 is 13.9 Å². The molecule has 1 saturated heterocycles. The van der Waals surface area contributed by atoms with Crippen LogP contribution in [0.3, 0.4) is 0 Å². The highest BCUT2D eigenvalue weighted by Crippen LogP contribution is 2.35. The summed E-state index contributed by atoms with van der Waals surface area (Å²) in [6, 6.07) is 7.73. The number of ether oxygens (including phenoxy) is 2. The van der Waals surface area contributed by atoms with E-state index in [1.165, 1.54) is 0 Å². The summed E-state index contributed by atoms with van der Waals surface area (Å²) >= 11 is 0. The molecule has 25 heavy (non-hydrogen) atoms. The molecule has 0 saturated carbocycles. The molecule has 0 atom stereocenters. The predicted octanol–water partition coefficient (Wildman–Crippen LogP) is 3.06. The van der Waals surface area contributed by atoms with E-state index in [4.69, 9.17) is 9.47 Å². The lowest BCUT2D eigenvalue weighted by molar-refractivity contribution is 0.174. The second kappa shape index (κ2) is 5.61. The van der Waals surface area contributed by atoms with E-state index < -0.39 is 6.17 Å². The molecule has 7 heteroatoms. The Morgan fingerprint density at radius 3 is 2.76 bits per heavy atom. The smallest absolute Gasteiger partial charge is 0.236 e. The van der Waals surface area contributed by atoms with Gasteiger partial charge in [-0.05, 0) is 37.1 Å². The van der Waals surface area contributed by atoms with E-state index in [0.29, 0.717) is 31.7 Å². The fourth-order valence-electron chi connectivity index (χ4n) is 3.31. The number of piperidine rings is 1. The molecule has 0 aliphatic carbocycles. The number of nitrogens with zero attached hydrogens (tertiary/aromatic N) is 4. The molecular weight excluding hydrogens is 323 g/mol. The van der Waals surface area contributed by atoms with Crippen molar-refractivity contribution in [1.29, 1.82) is 0 Å². The Kier molecular flexibility index (Phi) is 3.26. The van der Waals surface area contributed by atoms with Gasteiger partial charge in [0, 0.05) is 31.0 Å². The zero-order valence-corrected chi connectivity index (χ0v) is 13.6. The summed E-state index contributed by atoms with van der Waals surface area (Å²) in [5.41, 5.74) is 1.78. The molecular formula is C18H17FN4O2. The van der Waals surface area contributed by atoms with E-state index in [0.717, 1.165) is 28.6 Å². The third-order valence-electron chi connectivity index (χ3n) is 4.73. The molecule has 0 unspecified atom stereocenters. The molecule has 0 amide bonds. The summed E-state index contributed by atoms with van der Waals surface area (Å²) in [7, 11) is 0. The molecule has 128 valence electrons. The number of hydrogen-bond donors (Lipinski definition) is 0. The standard InChI is InChI=1S/C18H17FN4O2/c19-13-3-6-22(7-4-13)17-5-8-23-10-14(20-18(23)21-17)12-1-2-15-16(9-12)25-11-24-15/h1-2,5,8-10,13H,3-4,6-7,11H2. The number of imidazole rings is 1. The topological polar surface area (TPSA) is 51.9 Å². The van der Waals surface area contributed by atoms with Crippen LogP contribution in [-0.2, 0) is 0 Å². The van der Waals surface area contributed by atoms with E-state index in [9.17, 15) is 4.39 Å². The van der Waals surface area contributed by atoms with Crippen LogP contribution in [0.5, 0.6) is 11.5 Å². The lowest BCUT2D eigenvalue weighted by Gasteiger charge is -2.29. The van der Waals surface area contributed by atoms with Crippen molar-refractivity contribution in [2.24, 2.45) is 0 Å². The number of rotatable bonds is 2. The number of aromatic nitrogens is 3. The molecule has 1 fully saturated rings. The lowest BCUT2D eigenvalue weighted by atomic mass is 10.1. The predicted molar refractivity (Wildman–Crippen MR) is 90.9 cm³/mol. The summed E-state index contributed by atoms with van der Waals surface area (Å²) < 4.78 is 26.0. The van der Waals surface area contributed by atoms with E-state index in [2.05, 4.69) is 14.9 Å². The van der Waals surface area contributed by atoms with Crippen LogP contribution in [0.15, 0.2) is 36.7 Å². The van der Waals surface area contributed by atoms with Gasteiger partial charge >= 0.3 is 0 Å². The second-order valence-corrected chi connectivity index (χ2v) is 6.35. The molecule has 1 aromatic carbocycles. The molecule has 0 spiro atoms. The summed E-state index contributed by atoms with van der Waals surface area (Å²) in [5.74, 6) is 2.97. The SMILES string of the molecule is FC1CCN(c2ccn3cc(-c4ccc5c(c4)OCO5)nc3n2)CC1. The zero-order chi connectivity index (χ0) is 16.8. The fraction of sp³-hybridized carbons (Fsp3) is 0.333. The molecule has 0 radical (unpaired) electrons. The first-order valence-electron chi connectivity index (χ1n) is 8.41. The third-order valence-corrected chi connectivity index (χ3v) is 4.73. The van der Waals surface area contributed by atoms with Crippen LogP contribution in [0.2, 0.25) is 0 Å². The Labute approximate surface area is 143 Å². The van der Waals surface area contributed by atoms with Crippen molar-refractivity contribution >= 4 is 11.6 Å². The van der Waals surface area contributed by atoms with Gasteiger partial charge in [0.05, 0.1) is 5.69 Å². The second-order valence-electron chi connectivity index (χ2n) is 6.35. The normalized spacial score (nSPS) is 17.4. The summed E-state index contributed by atoms with van der Waals surface area (Å²) in [4.78, 5) is 11.4. The van der Waals surface area contributed by atoms with Crippen LogP contribution >= 0.6 is 0 Å². The van der Waals surface area contributed by atoms with Gasteiger partial charge in [0.15, 0.2) is 11.5 Å². The van der Waals surface area contributed by atoms with Gasteiger partial charge in [0.2, 0.25) is 12.6 Å². The highest BCUT2D eigenvalue weighted by Gasteiger charge is 2.20. The number of anilines is 1. The number of fused-ring (bicyclic) bond motifs is 2. The number of alkyl halides is 1. The van der Waals surface area contributed by atoms with E-state index in [-0.39, 0.29) is 6.79 Å². The zero-order valence-electron chi connectivity index (χ0n) is 13.6. The molecule has 2 aliphatic rings. The molecule has 0 N–H and O–H groups in total. The van der Waals surface area contributed by atoms with Crippen LogP contribution < -0.4 is 14.4 Å². The first-order valence-corrected chi connectivity index (χ1v) is 8.41. The largest absolute Gasteiger partial charge is 0.454 e. The summed E-state index contributed by atoms with van der Waals surface area (Å²) in [6.45, 7) is 1.64. The van der Waals surface area contributed by atoms with E-state index in [1.807, 2.05) is 41.1 Å². The minimum Gasteiger partial charge on any atom is -0.454 e. The minimum absolute atomic E-state index is 0.254. The van der Waals surface area contributed by atoms with Gasteiger partial charge in [-0.3, -0.25) is 4.40 Å². The van der Waals surface area contributed by atoms with Crippen LogP contribution in [0.25, 0.3) is 17.0 Å². The number of benzene rings is 1. The average molecular weight is 340 g/mol.